The van der Waals surface area contributed by atoms with Crippen LogP contribution in [-0.2, 0) is 4.79 Å². The van der Waals surface area contributed by atoms with Crippen LogP contribution in [0.15, 0.2) is 12.2 Å². The standard InChI is InChI=1S/C12H20ClNO/c1-3-11-4-5-12(15)14(7-6-11)9-10(2)8-13/h11H,2-9H2,1H3. The molecule has 15 heavy (non-hydrogen) atoms. The molecular formula is C12H20ClNO. The lowest BCUT2D eigenvalue weighted by molar-refractivity contribution is -0.130. The van der Waals surface area contributed by atoms with Crippen molar-refractivity contribution >= 4 is 17.5 Å². The van der Waals surface area contributed by atoms with Gasteiger partial charge in [-0.05, 0) is 24.3 Å². The van der Waals surface area contributed by atoms with Crippen molar-refractivity contribution in [1.82, 2.24) is 4.90 Å². The highest BCUT2D eigenvalue weighted by atomic mass is 35.5. The van der Waals surface area contributed by atoms with Gasteiger partial charge in [0.2, 0.25) is 5.91 Å². The smallest absolute Gasteiger partial charge is 0.222 e. The highest BCUT2D eigenvalue weighted by molar-refractivity contribution is 6.19. The van der Waals surface area contributed by atoms with Crippen molar-refractivity contribution in [3.8, 4) is 0 Å². The number of carbonyl (C=O) groups is 1. The minimum atomic E-state index is 0.261. The fourth-order valence-electron chi connectivity index (χ4n) is 1.98. The number of carbonyl (C=O) groups excluding carboxylic acids is 1. The van der Waals surface area contributed by atoms with Gasteiger partial charge in [-0.2, -0.15) is 0 Å². The van der Waals surface area contributed by atoms with E-state index in [-0.39, 0.29) is 5.91 Å². The van der Waals surface area contributed by atoms with Gasteiger partial charge in [0.25, 0.3) is 0 Å². The molecule has 86 valence electrons. The monoisotopic (exact) mass is 229 g/mol. The lowest BCUT2D eigenvalue weighted by atomic mass is 9.98. The van der Waals surface area contributed by atoms with Crippen LogP contribution in [0.4, 0.5) is 0 Å². The predicted octanol–water partition coefficient (Wildman–Crippen LogP) is 2.82. The van der Waals surface area contributed by atoms with E-state index < -0.39 is 0 Å². The van der Waals surface area contributed by atoms with Gasteiger partial charge in [0.05, 0.1) is 0 Å². The summed E-state index contributed by atoms with van der Waals surface area (Å²) in [5.41, 5.74) is 0.931. The molecule has 0 aromatic carbocycles. The molecule has 0 spiro atoms. The first kappa shape index (κ1) is 12.6. The van der Waals surface area contributed by atoms with Crippen LogP contribution < -0.4 is 0 Å². The molecule has 2 nitrogen and oxygen atoms in total. The minimum absolute atomic E-state index is 0.261. The van der Waals surface area contributed by atoms with Crippen LogP contribution in [0, 0.1) is 5.92 Å². The molecule has 1 amide bonds. The summed E-state index contributed by atoms with van der Waals surface area (Å²) in [6, 6.07) is 0. The van der Waals surface area contributed by atoms with Crippen molar-refractivity contribution < 1.29 is 4.79 Å². The number of halogens is 1. The van der Waals surface area contributed by atoms with E-state index in [0.29, 0.717) is 24.8 Å². The third-order valence-electron chi connectivity index (χ3n) is 3.11. The topological polar surface area (TPSA) is 20.3 Å². The van der Waals surface area contributed by atoms with Gasteiger partial charge >= 0.3 is 0 Å². The molecule has 1 rings (SSSR count). The summed E-state index contributed by atoms with van der Waals surface area (Å²) < 4.78 is 0. The van der Waals surface area contributed by atoms with Gasteiger partial charge in [0, 0.05) is 25.4 Å². The zero-order chi connectivity index (χ0) is 11.3. The summed E-state index contributed by atoms with van der Waals surface area (Å²) in [4.78, 5) is 13.7. The van der Waals surface area contributed by atoms with E-state index in [9.17, 15) is 4.79 Å². The number of hydrogen-bond donors (Lipinski definition) is 0. The number of alkyl halides is 1. The second kappa shape index (κ2) is 6.16. The van der Waals surface area contributed by atoms with E-state index in [0.717, 1.165) is 25.0 Å². The maximum Gasteiger partial charge on any atom is 0.222 e. The summed E-state index contributed by atoms with van der Waals surface area (Å²) in [7, 11) is 0. The van der Waals surface area contributed by atoms with Crippen LogP contribution in [0.3, 0.4) is 0 Å². The van der Waals surface area contributed by atoms with Crippen molar-refractivity contribution in [3.05, 3.63) is 12.2 Å². The van der Waals surface area contributed by atoms with E-state index in [1.54, 1.807) is 0 Å². The molecule has 0 saturated carbocycles. The fraction of sp³-hybridized carbons (Fsp3) is 0.750. The molecule has 0 radical (unpaired) electrons. The highest BCUT2D eigenvalue weighted by Gasteiger charge is 2.21. The Morgan fingerprint density at radius 3 is 2.93 bits per heavy atom. The molecule has 1 fully saturated rings. The van der Waals surface area contributed by atoms with Crippen LogP contribution in [0.1, 0.15) is 32.6 Å². The van der Waals surface area contributed by atoms with Crippen LogP contribution in [0.25, 0.3) is 0 Å². The lowest BCUT2D eigenvalue weighted by Crippen LogP contribution is -2.32. The van der Waals surface area contributed by atoms with Gasteiger partial charge in [-0.25, -0.2) is 0 Å². The average Bonchev–Trinajstić information content (AvgIpc) is 2.42. The van der Waals surface area contributed by atoms with E-state index in [1.165, 1.54) is 6.42 Å². The first-order chi connectivity index (χ1) is 7.17. The molecule has 1 heterocycles. The zero-order valence-corrected chi connectivity index (χ0v) is 10.2. The largest absolute Gasteiger partial charge is 0.339 e. The van der Waals surface area contributed by atoms with Crippen LogP contribution in [0.2, 0.25) is 0 Å². The van der Waals surface area contributed by atoms with Gasteiger partial charge in [0.1, 0.15) is 0 Å². The Kier molecular flexibility index (Phi) is 5.16. The van der Waals surface area contributed by atoms with Gasteiger partial charge in [-0.15, -0.1) is 11.6 Å². The Morgan fingerprint density at radius 2 is 2.33 bits per heavy atom. The SMILES string of the molecule is C=C(CCl)CN1CCC(CC)CCC1=O. The number of amides is 1. The van der Waals surface area contributed by atoms with Crippen LogP contribution in [0.5, 0.6) is 0 Å². The molecule has 0 aromatic rings. The van der Waals surface area contributed by atoms with E-state index in [1.807, 2.05) is 4.90 Å². The van der Waals surface area contributed by atoms with E-state index in [4.69, 9.17) is 11.6 Å². The molecule has 1 aliphatic heterocycles. The fourth-order valence-corrected chi connectivity index (χ4v) is 2.07. The normalized spacial score (nSPS) is 22.7. The molecule has 1 unspecified atom stereocenters. The van der Waals surface area contributed by atoms with Gasteiger partial charge in [0.15, 0.2) is 0 Å². The van der Waals surface area contributed by atoms with Crippen molar-refractivity contribution in [2.45, 2.75) is 32.6 Å². The van der Waals surface area contributed by atoms with Gasteiger partial charge in [-0.3, -0.25) is 4.79 Å². The number of hydrogen-bond acceptors (Lipinski definition) is 1. The molecule has 0 N–H and O–H groups in total. The molecule has 1 aliphatic rings. The number of rotatable bonds is 4. The molecule has 0 aromatic heterocycles. The van der Waals surface area contributed by atoms with Gasteiger partial charge < -0.3 is 4.90 Å². The second-order valence-electron chi connectivity index (χ2n) is 4.30. The van der Waals surface area contributed by atoms with Crippen molar-refractivity contribution in [1.29, 1.82) is 0 Å². The Morgan fingerprint density at radius 1 is 1.60 bits per heavy atom. The molecule has 1 saturated heterocycles. The molecule has 3 heteroatoms. The van der Waals surface area contributed by atoms with Gasteiger partial charge in [-0.1, -0.05) is 19.9 Å². The highest BCUT2D eigenvalue weighted by Crippen LogP contribution is 2.21. The molecule has 0 bridgehead atoms. The maximum absolute atomic E-state index is 11.8. The first-order valence-corrected chi connectivity index (χ1v) is 6.21. The van der Waals surface area contributed by atoms with Crippen molar-refractivity contribution in [2.24, 2.45) is 5.92 Å². The molecular weight excluding hydrogens is 210 g/mol. The zero-order valence-electron chi connectivity index (χ0n) is 9.47. The second-order valence-corrected chi connectivity index (χ2v) is 4.57. The quantitative estimate of drug-likeness (QED) is 0.536. The Labute approximate surface area is 97.3 Å². The van der Waals surface area contributed by atoms with Crippen LogP contribution >= 0.6 is 11.6 Å². The third-order valence-corrected chi connectivity index (χ3v) is 3.49. The summed E-state index contributed by atoms with van der Waals surface area (Å²) >= 11 is 5.68. The Balaban J connectivity index is 2.50. The minimum Gasteiger partial charge on any atom is -0.339 e. The Hall–Kier alpha value is -0.500. The number of likely N-dealkylation sites (tertiary alicyclic amines) is 1. The Bertz CT molecular complexity index is 240. The van der Waals surface area contributed by atoms with Crippen molar-refractivity contribution in [2.75, 3.05) is 19.0 Å². The summed E-state index contributed by atoms with van der Waals surface area (Å²) in [6.45, 7) is 7.55. The van der Waals surface area contributed by atoms with Crippen LogP contribution in [-0.4, -0.2) is 29.8 Å². The summed E-state index contributed by atoms with van der Waals surface area (Å²) in [5, 5.41) is 0. The average molecular weight is 230 g/mol. The van der Waals surface area contributed by atoms with Crippen molar-refractivity contribution in [3.63, 3.8) is 0 Å². The number of nitrogens with zero attached hydrogens (tertiary/aromatic N) is 1. The molecule has 1 atom stereocenters. The third kappa shape index (κ3) is 3.86. The van der Waals surface area contributed by atoms with E-state index in [2.05, 4.69) is 13.5 Å². The lowest BCUT2D eigenvalue weighted by Gasteiger charge is -2.21. The predicted molar refractivity (Wildman–Crippen MR) is 64.1 cm³/mol. The summed E-state index contributed by atoms with van der Waals surface area (Å²) in [6.07, 6.45) is 4.03. The molecule has 0 aliphatic carbocycles. The maximum atomic E-state index is 11.8. The van der Waals surface area contributed by atoms with E-state index >= 15 is 0 Å². The first-order valence-electron chi connectivity index (χ1n) is 5.67. The summed E-state index contributed by atoms with van der Waals surface area (Å²) in [5.74, 6) is 1.42.